The topological polar surface area (TPSA) is 49.4 Å². The summed E-state index contributed by atoms with van der Waals surface area (Å²) in [6.07, 6.45) is -2.10. The van der Waals surface area contributed by atoms with Crippen molar-refractivity contribution in [2.45, 2.75) is 44.8 Å². The van der Waals surface area contributed by atoms with Gasteiger partial charge in [-0.1, -0.05) is 0 Å². The minimum absolute atomic E-state index is 0.142. The van der Waals surface area contributed by atoms with E-state index in [0.717, 1.165) is 17.7 Å². The molecule has 4 nitrogen and oxygen atoms in total. The fourth-order valence-corrected chi connectivity index (χ4v) is 2.63. The molecule has 20 heavy (non-hydrogen) atoms. The third-order valence-electron chi connectivity index (χ3n) is 4.04. The van der Waals surface area contributed by atoms with E-state index < -0.39 is 24.5 Å². The number of alkyl halides is 3. The molecule has 0 bridgehead atoms. The van der Waals surface area contributed by atoms with Crippen molar-refractivity contribution >= 4 is 11.8 Å². The molecule has 0 aromatic heterocycles. The van der Waals surface area contributed by atoms with Gasteiger partial charge in [0, 0.05) is 19.0 Å². The van der Waals surface area contributed by atoms with Crippen molar-refractivity contribution in [3.8, 4) is 0 Å². The lowest BCUT2D eigenvalue weighted by atomic mass is 9.96. The van der Waals surface area contributed by atoms with E-state index in [-0.39, 0.29) is 30.8 Å². The van der Waals surface area contributed by atoms with Gasteiger partial charge >= 0.3 is 6.18 Å². The first-order chi connectivity index (χ1) is 9.28. The lowest BCUT2D eigenvalue weighted by molar-refractivity contribution is -0.169. The zero-order valence-electron chi connectivity index (χ0n) is 11.4. The summed E-state index contributed by atoms with van der Waals surface area (Å²) in [6.45, 7) is 0.625. The number of amides is 2. The summed E-state index contributed by atoms with van der Waals surface area (Å²) in [5.41, 5.74) is 0. The highest BCUT2D eigenvalue weighted by Crippen LogP contribution is 2.37. The third-order valence-corrected chi connectivity index (χ3v) is 4.04. The number of nitrogens with zero attached hydrogens (tertiary/aromatic N) is 1. The van der Waals surface area contributed by atoms with Gasteiger partial charge in [-0.05, 0) is 32.1 Å². The molecule has 2 unspecified atom stereocenters. The number of hydrogen-bond donors (Lipinski definition) is 1. The van der Waals surface area contributed by atoms with Gasteiger partial charge in [0.15, 0.2) is 0 Å². The van der Waals surface area contributed by atoms with Crippen LogP contribution in [0.15, 0.2) is 0 Å². The highest BCUT2D eigenvalue weighted by Gasteiger charge is 2.42. The molecule has 1 aliphatic heterocycles. The Hall–Kier alpha value is -1.27. The average molecular weight is 292 g/mol. The van der Waals surface area contributed by atoms with E-state index in [4.69, 9.17) is 0 Å². The van der Waals surface area contributed by atoms with Crippen molar-refractivity contribution in [2.24, 2.45) is 11.8 Å². The second kappa shape index (κ2) is 5.61. The van der Waals surface area contributed by atoms with E-state index in [1.54, 1.807) is 6.92 Å². The van der Waals surface area contributed by atoms with Crippen LogP contribution in [0.3, 0.4) is 0 Å². The van der Waals surface area contributed by atoms with E-state index in [2.05, 4.69) is 5.32 Å². The summed E-state index contributed by atoms with van der Waals surface area (Å²) >= 11 is 0. The number of halogens is 3. The van der Waals surface area contributed by atoms with Crippen LogP contribution in [-0.2, 0) is 9.59 Å². The molecule has 2 amide bonds. The Labute approximate surface area is 115 Å². The first kappa shape index (κ1) is 15.1. The predicted molar refractivity (Wildman–Crippen MR) is 65.7 cm³/mol. The van der Waals surface area contributed by atoms with Crippen LogP contribution in [0.1, 0.15) is 32.6 Å². The Bertz CT molecular complexity index is 384. The first-order valence-corrected chi connectivity index (χ1v) is 6.92. The van der Waals surface area contributed by atoms with Gasteiger partial charge in [-0.25, -0.2) is 0 Å². The summed E-state index contributed by atoms with van der Waals surface area (Å²) in [7, 11) is 0. The van der Waals surface area contributed by atoms with Crippen LogP contribution in [0.25, 0.3) is 0 Å². The van der Waals surface area contributed by atoms with Crippen LogP contribution in [0.4, 0.5) is 13.2 Å². The first-order valence-electron chi connectivity index (χ1n) is 6.92. The van der Waals surface area contributed by atoms with Crippen LogP contribution >= 0.6 is 0 Å². The third kappa shape index (κ3) is 3.86. The van der Waals surface area contributed by atoms with Gasteiger partial charge in [0.2, 0.25) is 11.8 Å². The Balaban J connectivity index is 2.04. The largest absolute Gasteiger partial charge is 0.406 e. The van der Waals surface area contributed by atoms with Gasteiger partial charge < -0.3 is 10.2 Å². The predicted octanol–water partition coefficient (Wildman–Crippen LogP) is 1.70. The van der Waals surface area contributed by atoms with Crippen molar-refractivity contribution < 1.29 is 22.8 Å². The van der Waals surface area contributed by atoms with E-state index in [1.165, 1.54) is 0 Å². The number of rotatable bonds is 4. The lowest BCUT2D eigenvalue weighted by Crippen LogP contribution is -2.51. The van der Waals surface area contributed by atoms with E-state index >= 15 is 0 Å². The Kier molecular flexibility index (Phi) is 4.25. The number of carbonyl (C=O) groups is 2. The standard InChI is InChI=1S/C13H19F3N2O2/c1-8(9-2-3-9)18(7-13(14,15)16)12(20)10-4-5-11(19)17-6-10/h8-10H,2-7H2,1H3,(H,17,19). The highest BCUT2D eigenvalue weighted by atomic mass is 19.4. The molecule has 2 aliphatic rings. The number of carbonyl (C=O) groups excluding carboxylic acids is 2. The molecule has 0 aromatic rings. The van der Waals surface area contributed by atoms with Crippen LogP contribution in [0.5, 0.6) is 0 Å². The molecule has 0 radical (unpaired) electrons. The van der Waals surface area contributed by atoms with E-state index in [9.17, 15) is 22.8 Å². The molecular formula is C13H19F3N2O2. The van der Waals surface area contributed by atoms with E-state index in [1.807, 2.05) is 0 Å². The van der Waals surface area contributed by atoms with Gasteiger partial charge in [0.25, 0.3) is 0 Å². The van der Waals surface area contributed by atoms with Gasteiger partial charge in [-0.3, -0.25) is 9.59 Å². The highest BCUT2D eigenvalue weighted by molar-refractivity contribution is 5.84. The quantitative estimate of drug-likeness (QED) is 0.857. The van der Waals surface area contributed by atoms with Crippen LogP contribution in [0, 0.1) is 11.8 Å². The molecule has 1 saturated heterocycles. The molecule has 2 atom stereocenters. The van der Waals surface area contributed by atoms with Gasteiger partial charge in [0.1, 0.15) is 6.54 Å². The fraction of sp³-hybridized carbons (Fsp3) is 0.846. The van der Waals surface area contributed by atoms with E-state index in [0.29, 0.717) is 6.42 Å². The molecule has 1 heterocycles. The lowest BCUT2D eigenvalue weighted by Gasteiger charge is -2.34. The molecule has 1 saturated carbocycles. The SMILES string of the molecule is CC(C1CC1)N(CC(F)(F)F)C(=O)C1CCC(=O)NC1. The minimum atomic E-state index is -4.39. The maximum atomic E-state index is 12.7. The molecule has 2 fully saturated rings. The summed E-state index contributed by atoms with van der Waals surface area (Å²) < 4.78 is 38.0. The second-order valence-electron chi connectivity index (χ2n) is 5.70. The molecule has 114 valence electrons. The average Bonchev–Trinajstić information content (AvgIpc) is 3.18. The van der Waals surface area contributed by atoms with Crippen LogP contribution < -0.4 is 5.32 Å². The molecule has 1 aliphatic carbocycles. The smallest absolute Gasteiger partial charge is 0.355 e. The minimum Gasteiger partial charge on any atom is -0.355 e. The van der Waals surface area contributed by atoms with Gasteiger partial charge in [-0.15, -0.1) is 0 Å². The number of hydrogen-bond acceptors (Lipinski definition) is 2. The molecule has 0 aromatic carbocycles. The summed E-state index contributed by atoms with van der Waals surface area (Å²) in [5.74, 6) is -0.982. The summed E-state index contributed by atoms with van der Waals surface area (Å²) in [6, 6.07) is -0.387. The monoisotopic (exact) mass is 292 g/mol. The number of piperidine rings is 1. The Morgan fingerprint density at radius 2 is 2.05 bits per heavy atom. The van der Waals surface area contributed by atoms with Crippen molar-refractivity contribution in [1.29, 1.82) is 0 Å². The Morgan fingerprint density at radius 1 is 1.40 bits per heavy atom. The van der Waals surface area contributed by atoms with Crippen molar-refractivity contribution in [3.63, 3.8) is 0 Å². The van der Waals surface area contributed by atoms with Crippen LogP contribution in [0.2, 0.25) is 0 Å². The van der Waals surface area contributed by atoms with Crippen LogP contribution in [-0.4, -0.2) is 42.0 Å². The second-order valence-corrected chi connectivity index (χ2v) is 5.70. The summed E-state index contributed by atoms with van der Waals surface area (Å²) in [4.78, 5) is 24.4. The molecule has 2 rings (SSSR count). The molecule has 7 heteroatoms. The maximum absolute atomic E-state index is 12.7. The Morgan fingerprint density at radius 3 is 2.50 bits per heavy atom. The summed E-state index contributed by atoms with van der Waals surface area (Å²) in [5, 5.41) is 2.55. The van der Waals surface area contributed by atoms with Crippen molar-refractivity contribution in [3.05, 3.63) is 0 Å². The van der Waals surface area contributed by atoms with Crippen molar-refractivity contribution in [1.82, 2.24) is 10.2 Å². The molecule has 0 spiro atoms. The van der Waals surface area contributed by atoms with Crippen molar-refractivity contribution in [2.75, 3.05) is 13.1 Å². The normalized spacial score (nSPS) is 25.0. The zero-order chi connectivity index (χ0) is 14.9. The molecular weight excluding hydrogens is 273 g/mol. The fourth-order valence-electron chi connectivity index (χ4n) is 2.63. The zero-order valence-corrected chi connectivity index (χ0v) is 11.4. The van der Waals surface area contributed by atoms with Gasteiger partial charge in [0.05, 0.1) is 5.92 Å². The molecule has 1 N–H and O–H groups in total. The van der Waals surface area contributed by atoms with Gasteiger partial charge in [-0.2, -0.15) is 13.2 Å². The maximum Gasteiger partial charge on any atom is 0.406 e. The number of nitrogens with one attached hydrogen (secondary N) is 1.